The van der Waals surface area contributed by atoms with Crippen molar-refractivity contribution in [3.63, 3.8) is 0 Å². The smallest absolute Gasteiger partial charge is 0.138 e. The van der Waals surface area contributed by atoms with Crippen molar-refractivity contribution in [2.45, 2.75) is 113 Å². The number of carbonyl (C=O) groups is 2. The average molecular weight is 439 g/mol. The fourth-order valence-electron chi connectivity index (χ4n) is 10.4. The number of hydrogen-bond donors (Lipinski definition) is 0. The summed E-state index contributed by atoms with van der Waals surface area (Å²) in [6.07, 6.45) is 15.0. The maximum Gasteiger partial charge on any atom is 0.138 e. The predicted molar refractivity (Wildman–Crippen MR) is 130 cm³/mol. The fourth-order valence-corrected chi connectivity index (χ4v) is 10.4. The van der Waals surface area contributed by atoms with Gasteiger partial charge < -0.3 is 4.79 Å². The van der Waals surface area contributed by atoms with Crippen molar-refractivity contribution in [3.05, 3.63) is 11.6 Å². The van der Waals surface area contributed by atoms with Gasteiger partial charge in [-0.1, -0.05) is 60.1 Å². The summed E-state index contributed by atoms with van der Waals surface area (Å²) in [7, 11) is 0. The Balaban J connectivity index is 1.58. The average Bonchev–Trinajstić information content (AvgIpc) is 2.71. The van der Waals surface area contributed by atoms with Gasteiger partial charge in [0.15, 0.2) is 0 Å². The van der Waals surface area contributed by atoms with E-state index in [4.69, 9.17) is 0 Å². The van der Waals surface area contributed by atoms with Gasteiger partial charge in [0.1, 0.15) is 12.1 Å². The van der Waals surface area contributed by atoms with Crippen LogP contribution in [-0.2, 0) is 9.59 Å². The van der Waals surface area contributed by atoms with E-state index in [1.807, 2.05) is 0 Å². The van der Waals surface area contributed by atoms with Crippen LogP contribution < -0.4 is 0 Å². The van der Waals surface area contributed by atoms with Crippen molar-refractivity contribution < 1.29 is 9.59 Å². The van der Waals surface area contributed by atoms with Crippen LogP contribution in [0.3, 0.4) is 0 Å². The number of carbonyl (C=O) groups excluding carboxylic acids is 2. The third-order valence-corrected chi connectivity index (χ3v) is 12.6. The SMILES string of the molecule is CC1(C)C=C2C3CCC4C5(C)CCC(=O)C(C)(C)C5CCC4(C)C3(C)CCC2(C=O)CC1. The van der Waals surface area contributed by atoms with Crippen LogP contribution in [-0.4, -0.2) is 12.1 Å². The number of aldehydes is 1. The van der Waals surface area contributed by atoms with Gasteiger partial charge in [-0.25, -0.2) is 0 Å². The Morgan fingerprint density at radius 3 is 2.16 bits per heavy atom. The largest absolute Gasteiger partial charge is 0.302 e. The van der Waals surface area contributed by atoms with Gasteiger partial charge in [-0.05, 0) is 97.2 Å². The molecule has 5 aliphatic rings. The van der Waals surface area contributed by atoms with Crippen molar-refractivity contribution >= 4 is 12.1 Å². The summed E-state index contributed by atoms with van der Waals surface area (Å²) in [6.45, 7) is 17.0. The Morgan fingerprint density at radius 1 is 0.781 bits per heavy atom. The third kappa shape index (κ3) is 2.65. The van der Waals surface area contributed by atoms with E-state index in [0.29, 0.717) is 23.5 Å². The molecule has 4 saturated carbocycles. The molecule has 5 rings (SSSR count). The highest BCUT2D eigenvalue weighted by Gasteiger charge is 2.69. The Labute approximate surface area is 196 Å². The number of allylic oxidation sites excluding steroid dienone is 2. The first-order chi connectivity index (χ1) is 14.8. The monoisotopic (exact) mass is 438 g/mol. The quantitative estimate of drug-likeness (QED) is 0.313. The van der Waals surface area contributed by atoms with E-state index in [2.05, 4.69) is 54.5 Å². The van der Waals surface area contributed by atoms with Gasteiger partial charge in [-0.3, -0.25) is 4.79 Å². The van der Waals surface area contributed by atoms with Gasteiger partial charge >= 0.3 is 0 Å². The normalized spacial score (nSPS) is 51.4. The van der Waals surface area contributed by atoms with E-state index in [1.54, 1.807) is 0 Å². The minimum absolute atomic E-state index is 0.179. The van der Waals surface area contributed by atoms with Crippen LogP contribution in [0.15, 0.2) is 11.6 Å². The molecule has 7 atom stereocenters. The predicted octanol–water partition coefficient (Wildman–Crippen LogP) is 7.56. The van der Waals surface area contributed by atoms with Gasteiger partial charge in [0.25, 0.3) is 0 Å². The van der Waals surface area contributed by atoms with Crippen LogP contribution in [0, 0.1) is 50.2 Å². The maximum absolute atomic E-state index is 12.9. The molecule has 0 radical (unpaired) electrons. The lowest BCUT2D eigenvalue weighted by molar-refractivity contribution is -0.211. The lowest BCUT2D eigenvalue weighted by Crippen LogP contribution is -2.65. The molecule has 5 aliphatic carbocycles. The Morgan fingerprint density at radius 2 is 1.47 bits per heavy atom. The lowest BCUT2D eigenvalue weighted by atomic mass is 9.32. The van der Waals surface area contributed by atoms with Gasteiger partial charge in [-0.15, -0.1) is 0 Å². The number of rotatable bonds is 1. The van der Waals surface area contributed by atoms with Gasteiger partial charge in [0.05, 0.1) is 0 Å². The molecule has 2 nitrogen and oxygen atoms in total. The molecule has 0 aromatic rings. The van der Waals surface area contributed by atoms with Gasteiger partial charge in [0.2, 0.25) is 0 Å². The summed E-state index contributed by atoms with van der Waals surface area (Å²) >= 11 is 0. The van der Waals surface area contributed by atoms with Crippen LogP contribution in [0.1, 0.15) is 113 Å². The van der Waals surface area contributed by atoms with Crippen molar-refractivity contribution in [1.82, 2.24) is 0 Å². The van der Waals surface area contributed by atoms with E-state index in [-0.39, 0.29) is 32.5 Å². The molecule has 0 saturated heterocycles. The molecule has 0 bridgehead atoms. The first kappa shape index (κ1) is 22.9. The first-order valence-corrected chi connectivity index (χ1v) is 13.5. The van der Waals surface area contributed by atoms with Crippen molar-refractivity contribution in [1.29, 1.82) is 0 Å². The molecule has 7 unspecified atom stereocenters. The second-order valence-corrected chi connectivity index (χ2v) is 14.6. The molecule has 0 N–H and O–H groups in total. The molecular formula is C30H46O2. The minimum atomic E-state index is -0.191. The van der Waals surface area contributed by atoms with Crippen molar-refractivity contribution in [2.24, 2.45) is 50.2 Å². The highest BCUT2D eigenvalue weighted by Crippen LogP contribution is 2.75. The summed E-state index contributed by atoms with van der Waals surface area (Å²) in [4.78, 5) is 25.4. The zero-order chi connectivity index (χ0) is 23.4. The molecule has 0 aromatic heterocycles. The molecule has 0 spiro atoms. The molecule has 178 valence electrons. The molecular weight excluding hydrogens is 392 g/mol. The third-order valence-electron chi connectivity index (χ3n) is 12.6. The first-order valence-electron chi connectivity index (χ1n) is 13.5. The van der Waals surface area contributed by atoms with Crippen LogP contribution in [0.5, 0.6) is 0 Å². The Hall–Kier alpha value is -0.920. The summed E-state index contributed by atoms with van der Waals surface area (Å²) in [5, 5.41) is 0. The fraction of sp³-hybridized carbons (Fsp3) is 0.867. The molecule has 32 heavy (non-hydrogen) atoms. The zero-order valence-electron chi connectivity index (χ0n) is 21.8. The number of Topliss-reactive ketones (excluding diaryl/α,β-unsaturated/α-hetero) is 1. The van der Waals surface area contributed by atoms with E-state index in [0.717, 1.165) is 32.1 Å². The maximum atomic E-state index is 12.9. The van der Waals surface area contributed by atoms with Gasteiger partial charge in [-0.2, -0.15) is 0 Å². The highest BCUT2D eigenvalue weighted by molar-refractivity contribution is 5.85. The Kier molecular flexibility index (Phi) is 4.71. The number of fused-ring (bicyclic) bond motifs is 7. The summed E-state index contributed by atoms with van der Waals surface area (Å²) in [6, 6.07) is 0. The Bertz CT molecular complexity index is 879. The van der Waals surface area contributed by atoms with Crippen LogP contribution in [0.4, 0.5) is 0 Å². The number of ketones is 1. The standard InChI is InChI=1S/C30H46O2/c1-25(2)14-16-30(19-31)17-15-28(6)20(21(30)18-25)8-9-23-27(5)12-11-24(32)26(3,4)22(27)10-13-29(23,28)7/h18-20,22-23H,8-17H2,1-7H3. The van der Waals surface area contributed by atoms with E-state index >= 15 is 0 Å². The van der Waals surface area contributed by atoms with Crippen LogP contribution >= 0.6 is 0 Å². The van der Waals surface area contributed by atoms with E-state index < -0.39 is 0 Å². The second kappa shape index (κ2) is 6.60. The zero-order valence-corrected chi connectivity index (χ0v) is 21.8. The lowest BCUT2D eigenvalue weighted by Gasteiger charge is -2.71. The highest BCUT2D eigenvalue weighted by atomic mass is 16.1. The van der Waals surface area contributed by atoms with Crippen LogP contribution in [0.25, 0.3) is 0 Å². The molecule has 0 amide bonds. The molecule has 0 aromatic carbocycles. The van der Waals surface area contributed by atoms with Crippen molar-refractivity contribution in [3.8, 4) is 0 Å². The molecule has 0 heterocycles. The molecule has 4 fully saturated rings. The summed E-state index contributed by atoms with van der Waals surface area (Å²) in [5.74, 6) is 2.23. The second-order valence-electron chi connectivity index (χ2n) is 14.6. The topological polar surface area (TPSA) is 34.1 Å². The minimum Gasteiger partial charge on any atom is -0.302 e. The summed E-state index contributed by atoms with van der Waals surface area (Å²) in [5.41, 5.74) is 2.15. The summed E-state index contributed by atoms with van der Waals surface area (Å²) < 4.78 is 0. The van der Waals surface area contributed by atoms with E-state index in [9.17, 15) is 9.59 Å². The van der Waals surface area contributed by atoms with Crippen molar-refractivity contribution in [2.75, 3.05) is 0 Å². The van der Waals surface area contributed by atoms with E-state index in [1.165, 1.54) is 44.0 Å². The van der Waals surface area contributed by atoms with Gasteiger partial charge in [0, 0.05) is 17.3 Å². The van der Waals surface area contributed by atoms with Crippen LogP contribution in [0.2, 0.25) is 0 Å². The molecule has 2 heteroatoms. The number of hydrogen-bond acceptors (Lipinski definition) is 2. The molecule has 0 aliphatic heterocycles.